The molecule has 0 spiro atoms. The molecule has 0 heterocycles. The minimum atomic E-state index is -0.913. The van der Waals surface area contributed by atoms with Crippen LogP contribution in [0.15, 0.2) is 0 Å². The largest absolute Gasteiger partial charge is 0.511 e. The molecule has 0 aliphatic carbocycles. The van der Waals surface area contributed by atoms with Gasteiger partial charge in [-0.1, -0.05) is 0 Å². The highest BCUT2D eigenvalue weighted by Gasteiger charge is 2.13. The fourth-order valence-corrected chi connectivity index (χ4v) is 0.614. The maximum absolute atomic E-state index is 10.8. The van der Waals surface area contributed by atoms with Crippen molar-refractivity contribution in [3.63, 3.8) is 0 Å². The fraction of sp³-hybridized carbons (Fsp3) is 0.750. The smallest absolute Gasteiger partial charge is 0.431 e. The van der Waals surface area contributed by atoms with E-state index >= 15 is 0 Å². The second kappa shape index (κ2) is 5.40. The average Bonchev–Trinajstić information content (AvgIpc) is 1.80. The minimum Gasteiger partial charge on any atom is -0.431 e. The molecule has 5 nitrogen and oxygen atoms in total. The molecule has 5 heteroatoms. The van der Waals surface area contributed by atoms with Crippen molar-refractivity contribution in [2.75, 3.05) is 0 Å². The highest BCUT2D eigenvalue weighted by atomic mass is 16.8. The van der Waals surface area contributed by atoms with Crippen LogP contribution in [0.4, 0.5) is 4.79 Å². The van der Waals surface area contributed by atoms with Gasteiger partial charge in [-0.15, -0.1) is 0 Å². The van der Waals surface area contributed by atoms with Crippen molar-refractivity contribution < 1.29 is 23.8 Å². The van der Waals surface area contributed by atoms with E-state index in [0.29, 0.717) is 0 Å². The van der Waals surface area contributed by atoms with Gasteiger partial charge < -0.3 is 14.2 Å². The third-order valence-electron chi connectivity index (χ3n) is 0.926. The number of carbonyl (C=O) groups is 2. The van der Waals surface area contributed by atoms with Crippen LogP contribution in [-0.4, -0.2) is 24.5 Å². The Morgan fingerprint density at radius 3 is 1.92 bits per heavy atom. The molecular formula is C8H14O5. The second-order valence-electron chi connectivity index (χ2n) is 2.71. The van der Waals surface area contributed by atoms with Crippen LogP contribution < -0.4 is 0 Å². The van der Waals surface area contributed by atoms with E-state index < -0.39 is 18.4 Å². The van der Waals surface area contributed by atoms with Gasteiger partial charge in [-0.3, -0.25) is 4.79 Å². The molecule has 0 amide bonds. The predicted molar refractivity (Wildman–Crippen MR) is 43.9 cm³/mol. The number of esters is 1. The molecule has 0 aromatic rings. The molecule has 0 aromatic carbocycles. The lowest BCUT2D eigenvalue weighted by atomic mass is 10.5. The first-order valence-corrected chi connectivity index (χ1v) is 3.96. The Balaban J connectivity index is 3.71. The highest BCUT2D eigenvalue weighted by molar-refractivity contribution is 5.66. The zero-order valence-electron chi connectivity index (χ0n) is 8.20. The van der Waals surface area contributed by atoms with Crippen molar-refractivity contribution >= 4 is 12.1 Å². The summed E-state index contributed by atoms with van der Waals surface area (Å²) < 4.78 is 13.8. The highest BCUT2D eigenvalue weighted by Crippen LogP contribution is 1.99. The van der Waals surface area contributed by atoms with Gasteiger partial charge in [-0.2, -0.15) is 0 Å². The Morgan fingerprint density at radius 1 is 1.00 bits per heavy atom. The first-order chi connectivity index (χ1) is 5.91. The zero-order chi connectivity index (χ0) is 10.4. The molecule has 0 unspecified atom stereocenters. The van der Waals surface area contributed by atoms with Crippen LogP contribution in [-0.2, 0) is 19.0 Å². The SMILES string of the molecule is CC(=O)O[C@@H](C)OC(=O)OC(C)C. The number of rotatable bonds is 3. The third kappa shape index (κ3) is 7.11. The Kier molecular flexibility index (Phi) is 4.87. The van der Waals surface area contributed by atoms with Crippen molar-refractivity contribution in [3.8, 4) is 0 Å². The molecule has 0 bridgehead atoms. The van der Waals surface area contributed by atoms with Crippen LogP contribution in [0.1, 0.15) is 27.7 Å². The Morgan fingerprint density at radius 2 is 1.54 bits per heavy atom. The van der Waals surface area contributed by atoms with E-state index in [9.17, 15) is 9.59 Å². The predicted octanol–water partition coefficient (Wildman–Crippen LogP) is 1.46. The van der Waals surface area contributed by atoms with Gasteiger partial charge in [0.1, 0.15) is 0 Å². The van der Waals surface area contributed by atoms with Gasteiger partial charge in [-0.05, 0) is 13.8 Å². The van der Waals surface area contributed by atoms with Gasteiger partial charge in [0.2, 0.25) is 6.29 Å². The van der Waals surface area contributed by atoms with Crippen LogP contribution >= 0.6 is 0 Å². The number of hydrogen-bond acceptors (Lipinski definition) is 5. The molecule has 1 atom stereocenters. The molecule has 0 rings (SSSR count). The van der Waals surface area contributed by atoms with Gasteiger partial charge in [0.15, 0.2) is 0 Å². The van der Waals surface area contributed by atoms with Crippen LogP contribution in [0, 0.1) is 0 Å². The van der Waals surface area contributed by atoms with E-state index in [2.05, 4.69) is 14.2 Å². The summed E-state index contributed by atoms with van der Waals surface area (Å²) in [5.74, 6) is -0.509. The topological polar surface area (TPSA) is 61.8 Å². The molecule has 0 aliphatic rings. The molecule has 0 radical (unpaired) electrons. The second-order valence-corrected chi connectivity index (χ2v) is 2.71. The quantitative estimate of drug-likeness (QED) is 0.498. The summed E-state index contributed by atoms with van der Waals surface area (Å²) in [6.07, 6.45) is -2.01. The average molecular weight is 190 g/mol. The Bertz CT molecular complexity index is 187. The van der Waals surface area contributed by atoms with Crippen LogP contribution in [0.25, 0.3) is 0 Å². The molecule has 0 saturated carbocycles. The number of carbonyl (C=O) groups excluding carboxylic acids is 2. The lowest BCUT2D eigenvalue weighted by Crippen LogP contribution is -2.22. The van der Waals surface area contributed by atoms with E-state index in [1.54, 1.807) is 13.8 Å². The van der Waals surface area contributed by atoms with E-state index in [4.69, 9.17) is 0 Å². The fourth-order valence-electron chi connectivity index (χ4n) is 0.614. The van der Waals surface area contributed by atoms with Gasteiger partial charge in [0.25, 0.3) is 0 Å². The maximum atomic E-state index is 10.8. The lowest BCUT2D eigenvalue weighted by molar-refractivity contribution is -0.165. The monoisotopic (exact) mass is 190 g/mol. The molecule has 0 fully saturated rings. The number of hydrogen-bond donors (Lipinski definition) is 0. The summed E-state index contributed by atoms with van der Waals surface area (Å²) >= 11 is 0. The summed E-state index contributed by atoms with van der Waals surface area (Å²) in [6, 6.07) is 0. The van der Waals surface area contributed by atoms with Gasteiger partial charge >= 0.3 is 12.1 Å². The summed E-state index contributed by atoms with van der Waals surface area (Å²) in [5.41, 5.74) is 0. The standard InChI is InChI=1S/C8H14O5/c1-5(2)11-8(10)13-7(4)12-6(3)9/h5,7H,1-4H3/t7-/m1/s1. The minimum absolute atomic E-state index is 0.253. The first kappa shape index (κ1) is 11.7. The van der Waals surface area contributed by atoms with Gasteiger partial charge in [0, 0.05) is 13.8 Å². The molecule has 0 aliphatic heterocycles. The molecule has 76 valence electrons. The number of ether oxygens (including phenoxy) is 3. The van der Waals surface area contributed by atoms with Crippen molar-refractivity contribution in [2.45, 2.75) is 40.1 Å². The molecule has 0 aromatic heterocycles. The van der Waals surface area contributed by atoms with Crippen LogP contribution in [0.5, 0.6) is 0 Å². The van der Waals surface area contributed by atoms with Crippen molar-refractivity contribution in [3.05, 3.63) is 0 Å². The molecule has 0 saturated heterocycles. The Hall–Kier alpha value is -1.26. The van der Waals surface area contributed by atoms with Gasteiger partial charge in [0.05, 0.1) is 6.10 Å². The molecular weight excluding hydrogens is 176 g/mol. The summed E-state index contributed by atoms with van der Waals surface area (Å²) in [6.45, 7) is 6.05. The van der Waals surface area contributed by atoms with E-state index in [-0.39, 0.29) is 6.10 Å². The molecule has 13 heavy (non-hydrogen) atoms. The van der Waals surface area contributed by atoms with Crippen molar-refractivity contribution in [1.82, 2.24) is 0 Å². The normalized spacial score (nSPS) is 12.1. The van der Waals surface area contributed by atoms with E-state index in [1.165, 1.54) is 13.8 Å². The van der Waals surface area contributed by atoms with Gasteiger partial charge in [-0.25, -0.2) is 4.79 Å². The maximum Gasteiger partial charge on any atom is 0.511 e. The zero-order valence-corrected chi connectivity index (χ0v) is 8.20. The summed E-state index contributed by atoms with van der Waals surface area (Å²) in [4.78, 5) is 21.2. The third-order valence-corrected chi connectivity index (χ3v) is 0.926. The van der Waals surface area contributed by atoms with E-state index in [0.717, 1.165) is 0 Å². The first-order valence-electron chi connectivity index (χ1n) is 3.96. The van der Waals surface area contributed by atoms with Crippen LogP contribution in [0.3, 0.4) is 0 Å². The summed E-state index contributed by atoms with van der Waals surface area (Å²) in [5, 5.41) is 0. The summed E-state index contributed by atoms with van der Waals surface area (Å²) in [7, 11) is 0. The van der Waals surface area contributed by atoms with Crippen LogP contribution in [0.2, 0.25) is 0 Å². The molecule has 0 N–H and O–H groups in total. The van der Waals surface area contributed by atoms with E-state index in [1.807, 2.05) is 0 Å². The van der Waals surface area contributed by atoms with Crippen molar-refractivity contribution in [2.24, 2.45) is 0 Å². The Labute approximate surface area is 77.0 Å². The van der Waals surface area contributed by atoms with Crippen molar-refractivity contribution in [1.29, 1.82) is 0 Å². The lowest BCUT2D eigenvalue weighted by Gasteiger charge is -2.13.